The summed E-state index contributed by atoms with van der Waals surface area (Å²) in [5.41, 5.74) is 4.60. The van der Waals surface area contributed by atoms with Crippen LogP contribution in [0.15, 0.2) is 48.5 Å². The van der Waals surface area contributed by atoms with E-state index in [4.69, 9.17) is 4.74 Å². The Balaban J connectivity index is 1.34. The van der Waals surface area contributed by atoms with E-state index >= 15 is 0 Å². The molecule has 0 bridgehead atoms. The Kier molecular flexibility index (Phi) is 7.20. The Labute approximate surface area is 199 Å². The van der Waals surface area contributed by atoms with Gasteiger partial charge in [-0.15, -0.1) is 0 Å². The minimum Gasteiger partial charge on any atom is -0.481 e. The number of aliphatic carboxylic acids is 1. The van der Waals surface area contributed by atoms with E-state index in [0.717, 1.165) is 28.7 Å². The molecular weight excluding hydrogens is 432 g/mol. The standard InChI is InChI=1S/C27H32N2O5/c1-16(2)24(14-25(30)28-23-13-7-12-21(23)26(31)32)29-27(33)34-15-22-19-10-5-3-8-17(19)18-9-4-6-11-20(18)22/h3-6,8-11,16,21-24H,7,12-15H2,1-2H3,(H,28,30)(H,29,33)(H,31,32)/t21-,23+,24-/m1/s1. The number of carbonyl (C=O) groups excluding carboxylic acids is 2. The summed E-state index contributed by atoms with van der Waals surface area (Å²) in [5.74, 6) is -1.70. The number of nitrogens with one attached hydrogen (secondary N) is 2. The zero-order chi connectivity index (χ0) is 24.2. The third kappa shape index (κ3) is 5.08. The normalized spacial score (nSPS) is 19.9. The number of carboxylic acid groups (broad SMARTS) is 1. The van der Waals surface area contributed by atoms with E-state index in [9.17, 15) is 19.5 Å². The van der Waals surface area contributed by atoms with Gasteiger partial charge in [0.15, 0.2) is 0 Å². The molecule has 0 aliphatic heterocycles. The van der Waals surface area contributed by atoms with E-state index in [1.165, 1.54) is 0 Å². The first-order chi connectivity index (χ1) is 16.3. The molecule has 4 rings (SSSR count). The van der Waals surface area contributed by atoms with Crippen molar-refractivity contribution in [2.75, 3.05) is 6.61 Å². The lowest BCUT2D eigenvalue weighted by Crippen LogP contribution is -2.46. The topological polar surface area (TPSA) is 105 Å². The first-order valence-corrected chi connectivity index (χ1v) is 12.0. The molecule has 34 heavy (non-hydrogen) atoms. The molecule has 7 nitrogen and oxygen atoms in total. The van der Waals surface area contributed by atoms with Crippen LogP contribution in [0.4, 0.5) is 4.79 Å². The van der Waals surface area contributed by atoms with E-state index in [1.54, 1.807) is 0 Å². The van der Waals surface area contributed by atoms with Crippen molar-refractivity contribution in [2.24, 2.45) is 11.8 Å². The van der Waals surface area contributed by atoms with Crippen molar-refractivity contribution in [1.29, 1.82) is 0 Å². The van der Waals surface area contributed by atoms with Gasteiger partial charge >= 0.3 is 12.1 Å². The highest BCUT2D eigenvalue weighted by molar-refractivity contribution is 5.80. The molecule has 0 aromatic heterocycles. The predicted molar refractivity (Wildman–Crippen MR) is 128 cm³/mol. The number of benzene rings is 2. The van der Waals surface area contributed by atoms with Crippen molar-refractivity contribution in [2.45, 2.75) is 57.5 Å². The van der Waals surface area contributed by atoms with Crippen molar-refractivity contribution in [3.63, 3.8) is 0 Å². The molecule has 7 heteroatoms. The number of amides is 2. The molecule has 0 radical (unpaired) electrons. The van der Waals surface area contributed by atoms with Crippen molar-refractivity contribution < 1.29 is 24.2 Å². The van der Waals surface area contributed by atoms with Crippen molar-refractivity contribution >= 4 is 18.0 Å². The fourth-order valence-electron chi connectivity index (χ4n) is 5.14. The minimum absolute atomic E-state index is 0.00470. The van der Waals surface area contributed by atoms with Crippen LogP contribution in [0.1, 0.15) is 56.6 Å². The minimum atomic E-state index is -0.875. The third-order valence-corrected chi connectivity index (χ3v) is 7.04. The summed E-state index contributed by atoms with van der Waals surface area (Å²) in [5, 5.41) is 15.0. The lowest BCUT2D eigenvalue weighted by molar-refractivity contribution is -0.142. The van der Waals surface area contributed by atoms with Crippen molar-refractivity contribution in [3.05, 3.63) is 59.7 Å². The number of ether oxygens (including phenoxy) is 1. The Bertz CT molecular complexity index is 1020. The summed E-state index contributed by atoms with van der Waals surface area (Å²) >= 11 is 0. The summed E-state index contributed by atoms with van der Waals surface area (Å²) in [6.07, 6.45) is 1.54. The number of alkyl carbamates (subject to hydrolysis) is 1. The fraction of sp³-hybridized carbons (Fsp3) is 0.444. The van der Waals surface area contributed by atoms with Crippen LogP contribution in [-0.4, -0.2) is 41.8 Å². The van der Waals surface area contributed by atoms with Gasteiger partial charge in [-0.3, -0.25) is 9.59 Å². The molecule has 180 valence electrons. The van der Waals surface area contributed by atoms with Crippen LogP contribution in [0.25, 0.3) is 11.1 Å². The molecule has 0 saturated heterocycles. The molecule has 1 saturated carbocycles. The van der Waals surface area contributed by atoms with Gasteiger partial charge in [-0.05, 0) is 41.0 Å². The van der Waals surface area contributed by atoms with E-state index in [0.29, 0.717) is 12.8 Å². The van der Waals surface area contributed by atoms with Gasteiger partial charge in [0.05, 0.1) is 5.92 Å². The van der Waals surface area contributed by atoms with Gasteiger partial charge in [0.25, 0.3) is 0 Å². The second kappa shape index (κ2) is 10.3. The number of hydrogen-bond donors (Lipinski definition) is 3. The van der Waals surface area contributed by atoms with Crippen LogP contribution in [0.2, 0.25) is 0 Å². The van der Waals surface area contributed by atoms with Crippen LogP contribution in [0.3, 0.4) is 0 Å². The van der Waals surface area contributed by atoms with E-state index in [1.807, 2.05) is 38.1 Å². The predicted octanol–water partition coefficient (Wildman–Crippen LogP) is 4.31. The quantitative estimate of drug-likeness (QED) is 0.540. The largest absolute Gasteiger partial charge is 0.481 e. The number of carbonyl (C=O) groups is 3. The highest BCUT2D eigenvalue weighted by Crippen LogP contribution is 2.44. The second-order valence-corrected chi connectivity index (χ2v) is 9.57. The second-order valence-electron chi connectivity index (χ2n) is 9.57. The summed E-state index contributed by atoms with van der Waals surface area (Å²) in [7, 11) is 0. The first kappa shape index (κ1) is 23.8. The molecular formula is C27H32N2O5. The number of rotatable bonds is 8. The van der Waals surface area contributed by atoms with Crippen LogP contribution < -0.4 is 10.6 Å². The Morgan fingerprint density at radius 1 is 1.00 bits per heavy atom. The molecule has 3 atom stereocenters. The number of carboxylic acids is 1. The highest BCUT2D eigenvalue weighted by atomic mass is 16.5. The summed E-state index contributed by atoms with van der Waals surface area (Å²) in [4.78, 5) is 36.7. The summed E-state index contributed by atoms with van der Waals surface area (Å²) in [6, 6.07) is 15.5. The van der Waals surface area contributed by atoms with Gasteiger partial charge < -0.3 is 20.5 Å². The van der Waals surface area contributed by atoms with Crippen LogP contribution in [-0.2, 0) is 14.3 Å². The summed E-state index contributed by atoms with van der Waals surface area (Å²) < 4.78 is 5.62. The molecule has 3 N–H and O–H groups in total. The molecule has 1 fully saturated rings. The Hall–Kier alpha value is -3.35. The average Bonchev–Trinajstić information content (AvgIpc) is 3.40. The summed E-state index contributed by atoms with van der Waals surface area (Å²) in [6.45, 7) is 4.06. The molecule has 2 aromatic carbocycles. The lowest BCUT2D eigenvalue weighted by Gasteiger charge is -2.24. The van der Waals surface area contributed by atoms with Crippen LogP contribution in [0, 0.1) is 11.8 Å². The smallest absolute Gasteiger partial charge is 0.407 e. The maximum atomic E-state index is 12.7. The van der Waals surface area contributed by atoms with Gasteiger partial charge in [-0.1, -0.05) is 68.8 Å². The zero-order valence-electron chi connectivity index (χ0n) is 19.6. The van der Waals surface area contributed by atoms with Gasteiger partial charge in [0.1, 0.15) is 6.61 Å². The SMILES string of the molecule is CC(C)[C@@H](CC(=O)N[C@H]1CCC[C@H]1C(=O)O)NC(=O)OCC1c2ccccc2-c2ccccc21. The molecule has 2 aliphatic rings. The maximum absolute atomic E-state index is 12.7. The Morgan fingerprint density at radius 2 is 1.62 bits per heavy atom. The van der Waals surface area contributed by atoms with Crippen LogP contribution >= 0.6 is 0 Å². The molecule has 0 heterocycles. The average molecular weight is 465 g/mol. The Morgan fingerprint density at radius 3 is 2.21 bits per heavy atom. The van der Waals surface area contributed by atoms with E-state index in [2.05, 4.69) is 34.9 Å². The van der Waals surface area contributed by atoms with E-state index < -0.39 is 24.0 Å². The zero-order valence-corrected chi connectivity index (χ0v) is 19.6. The number of fused-ring (bicyclic) bond motifs is 3. The molecule has 0 unspecified atom stereocenters. The fourth-order valence-corrected chi connectivity index (χ4v) is 5.14. The van der Waals surface area contributed by atoms with Gasteiger partial charge in [-0.2, -0.15) is 0 Å². The number of hydrogen-bond acceptors (Lipinski definition) is 4. The monoisotopic (exact) mass is 464 g/mol. The maximum Gasteiger partial charge on any atom is 0.407 e. The van der Waals surface area contributed by atoms with Gasteiger partial charge in [-0.25, -0.2) is 4.79 Å². The lowest BCUT2D eigenvalue weighted by atomic mass is 9.98. The van der Waals surface area contributed by atoms with E-state index in [-0.39, 0.29) is 36.8 Å². The highest BCUT2D eigenvalue weighted by Gasteiger charge is 2.34. The first-order valence-electron chi connectivity index (χ1n) is 12.0. The van der Waals surface area contributed by atoms with Gasteiger partial charge in [0, 0.05) is 24.4 Å². The molecule has 2 amide bonds. The van der Waals surface area contributed by atoms with Crippen molar-refractivity contribution in [3.8, 4) is 11.1 Å². The van der Waals surface area contributed by atoms with Crippen LogP contribution in [0.5, 0.6) is 0 Å². The molecule has 2 aromatic rings. The van der Waals surface area contributed by atoms with Crippen molar-refractivity contribution in [1.82, 2.24) is 10.6 Å². The molecule has 0 spiro atoms. The van der Waals surface area contributed by atoms with Gasteiger partial charge in [0.2, 0.25) is 5.91 Å². The molecule has 2 aliphatic carbocycles. The third-order valence-electron chi connectivity index (χ3n) is 7.04.